The summed E-state index contributed by atoms with van der Waals surface area (Å²) in [5, 5.41) is 0. The Hall–Kier alpha value is -2.35. The highest BCUT2D eigenvalue weighted by Gasteiger charge is 2.23. The van der Waals surface area contributed by atoms with Gasteiger partial charge in [0.2, 0.25) is 0 Å². The number of aryl methyl sites for hydroxylation is 1. The highest BCUT2D eigenvalue weighted by atomic mass is 15.2. The lowest BCUT2D eigenvalue weighted by Gasteiger charge is -2.18. The molecule has 3 rings (SSSR count). The SMILES string of the molecule is CCCCCCCCCCCCC[n+]1ccn(C(C)CCCCCC)c1CCC(Cc1ccccc1)c1ccccc1. The minimum atomic E-state index is 0.534. The van der Waals surface area contributed by atoms with Gasteiger partial charge in [0.25, 0.3) is 5.82 Å². The molecule has 0 amide bonds. The van der Waals surface area contributed by atoms with E-state index < -0.39 is 0 Å². The van der Waals surface area contributed by atoms with E-state index in [1.807, 2.05) is 0 Å². The van der Waals surface area contributed by atoms with Crippen LogP contribution in [0.3, 0.4) is 0 Å². The number of aromatic nitrogens is 2. The maximum absolute atomic E-state index is 2.63. The Labute approximate surface area is 260 Å². The Morgan fingerprint density at radius 3 is 1.79 bits per heavy atom. The molecule has 2 atom stereocenters. The molecule has 42 heavy (non-hydrogen) atoms. The van der Waals surface area contributed by atoms with Crippen molar-refractivity contribution >= 4 is 0 Å². The number of nitrogens with zero attached hydrogens (tertiary/aromatic N) is 2. The summed E-state index contributed by atoms with van der Waals surface area (Å²) in [6.07, 6.45) is 30.3. The first-order chi connectivity index (χ1) is 20.7. The third-order valence-electron chi connectivity index (χ3n) is 9.30. The number of benzene rings is 2. The average molecular weight is 572 g/mol. The van der Waals surface area contributed by atoms with Gasteiger partial charge in [-0.3, -0.25) is 0 Å². The van der Waals surface area contributed by atoms with Gasteiger partial charge in [-0.1, -0.05) is 152 Å². The normalized spacial score (nSPS) is 12.9. The Morgan fingerprint density at radius 2 is 1.17 bits per heavy atom. The molecule has 0 spiro atoms. The fourth-order valence-electron chi connectivity index (χ4n) is 6.62. The molecule has 2 heteroatoms. The summed E-state index contributed by atoms with van der Waals surface area (Å²) in [7, 11) is 0. The summed E-state index contributed by atoms with van der Waals surface area (Å²) in [4.78, 5) is 0. The first-order valence-electron chi connectivity index (χ1n) is 17.9. The summed E-state index contributed by atoms with van der Waals surface area (Å²) < 4.78 is 5.25. The monoisotopic (exact) mass is 571 g/mol. The zero-order valence-electron chi connectivity index (χ0n) is 27.6. The quantitative estimate of drug-likeness (QED) is 0.0747. The highest BCUT2D eigenvalue weighted by molar-refractivity contribution is 5.24. The smallest absolute Gasteiger partial charge is 0.234 e. The number of imidazole rings is 1. The van der Waals surface area contributed by atoms with Crippen LogP contribution in [0.25, 0.3) is 0 Å². The lowest BCUT2D eigenvalue weighted by atomic mass is 9.88. The Kier molecular flexibility index (Phi) is 17.4. The van der Waals surface area contributed by atoms with Crippen LogP contribution in [-0.4, -0.2) is 4.57 Å². The van der Waals surface area contributed by atoms with Crippen LogP contribution in [0.4, 0.5) is 0 Å². The summed E-state index contributed by atoms with van der Waals surface area (Å²) >= 11 is 0. The Bertz CT molecular complexity index is 1040. The molecule has 0 fully saturated rings. The number of hydrogen-bond donors (Lipinski definition) is 0. The predicted octanol–water partition coefficient (Wildman–Crippen LogP) is 11.6. The van der Waals surface area contributed by atoms with Gasteiger partial charge < -0.3 is 0 Å². The highest BCUT2D eigenvalue weighted by Crippen LogP contribution is 2.27. The van der Waals surface area contributed by atoms with Crippen LogP contribution in [0.5, 0.6) is 0 Å². The fraction of sp³-hybridized carbons (Fsp3) is 0.625. The Balaban J connectivity index is 1.59. The van der Waals surface area contributed by atoms with E-state index in [1.54, 1.807) is 5.82 Å². The van der Waals surface area contributed by atoms with E-state index >= 15 is 0 Å². The van der Waals surface area contributed by atoms with E-state index in [1.165, 1.54) is 120 Å². The molecule has 232 valence electrons. The van der Waals surface area contributed by atoms with E-state index in [-0.39, 0.29) is 0 Å². The molecule has 0 aliphatic carbocycles. The van der Waals surface area contributed by atoms with Crippen molar-refractivity contribution in [3.63, 3.8) is 0 Å². The van der Waals surface area contributed by atoms with Gasteiger partial charge >= 0.3 is 0 Å². The van der Waals surface area contributed by atoms with Crippen molar-refractivity contribution in [1.29, 1.82) is 0 Å². The number of unbranched alkanes of at least 4 members (excludes halogenated alkanes) is 13. The second kappa shape index (κ2) is 21.4. The molecule has 0 aliphatic heterocycles. The summed E-state index contributed by atoms with van der Waals surface area (Å²) in [6, 6.07) is 22.9. The Morgan fingerprint density at radius 1 is 0.619 bits per heavy atom. The lowest BCUT2D eigenvalue weighted by Crippen LogP contribution is -2.38. The van der Waals surface area contributed by atoms with Crippen molar-refractivity contribution in [2.45, 2.75) is 161 Å². The molecule has 2 unspecified atom stereocenters. The van der Waals surface area contributed by atoms with E-state index in [2.05, 4.69) is 103 Å². The van der Waals surface area contributed by atoms with Crippen LogP contribution < -0.4 is 4.57 Å². The molecule has 0 N–H and O–H groups in total. The van der Waals surface area contributed by atoms with Crippen LogP contribution in [0, 0.1) is 0 Å². The van der Waals surface area contributed by atoms with E-state index in [9.17, 15) is 0 Å². The van der Waals surface area contributed by atoms with E-state index in [4.69, 9.17) is 0 Å². The maximum Gasteiger partial charge on any atom is 0.256 e. The van der Waals surface area contributed by atoms with Crippen molar-refractivity contribution in [2.24, 2.45) is 0 Å². The van der Waals surface area contributed by atoms with Gasteiger partial charge in [0.15, 0.2) is 0 Å². The zero-order valence-corrected chi connectivity index (χ0v) is 27.6. The van der Waals surface area contributed by atoms with Gasteiger partial charge in [0.1, 0.15) is 12.4 Å². The van der Waals surface area contributed by atoms with Gasteiger partial charge in [0.05, 0.1) is 12.6 Å². The van der Waals surface area contributed by atoms with Gasteiger partial charge in [-0.15, -0.1) is 0 Å². The van der Waals surface area contributed by atoms with Crippen LogP contribution in [-0.2, 0) is 19.4 Å². The van der Waals surface area contributed by atoms with Gasteiger partial charge in [0, 0.05) is 6.42 Å². The summed E-state index contributed by atoms with van der Waals surface area (Å²) in [5.41, 5.74) is 2.92. The first-order valence-corrected chi connectivity index (χ1v) is 17.9. The van der Waals surface area contributed by atoms with Crippen LogP contribution >= 0.6 is 0 Å². The molecule has 0 saturated carbocycles. The van der Waals surface area contributed by atoms with Gasteiger partial charge in [-0.25, -0.2) is 9.13 Å². The predicted molar refractivity (Wildman–Crippen MR) is 182 cm³/mol. The van der Waals surface area contributed by atoms with Crippen molar-refractivity contribution in [2.75, 3.05) is 0 Å². The third-order valence-corrected chi connectivity index (χ3v) is 9.30. The zero-order chi connectivity index (χ0) is 29.7. The van der Waals surface area contributed by atoms with E-state index in [0.717, 1.165) is 19.4 Å². The molecule has 2 nitrogen and oxygen atoms in total. The third kappa shape index (κ3) is 12.9. The molecule has 0 aliphatic rings. The molecule has 1 heterocycles. The molecule has 2 aromatic carbocycles. The standard InChI is InChI=1S/C40H63N2/c1-4-6-8-10-11-12-13-14-15-16-24-32-41-33-34-42(36(3)25-19-9-7-5-2)40(41)31-30-39(38-28-22-18-23-29-38)35-37-26-20-17-21-27-37/h17-18,20-23,26-29,33-34,36,39H,4-16,19,24-25,30-32,35H2,1-3H3/q+1. The van der Waals surface area contributed by atoms with Crippen molar-refractivity contribution in [3.05, 3.63) is 90.0 Å². The molecule has 0 bridgehead atoms. The molecular formula is C40H63N2+. The number of hydrogen-bond acceptors (Lipinski definition) is 0. The molecular weight excluding hydrogens is 508 g/mol. The van der Waals surface area contributed by atoms with Gasteiger partial charge in [-0.05, 0) is 62.5 Å². The van der Waals surface area contributed by atoms with Crippen LogP contribution in [0.15, 0.2) is 73.1 Å². The molecule has 3 aromatic rings. The van der Waals surface area contributed by atoms with Crippen LogP contribution in [0.1, 0.15) is 159 Å². The first kappa shape index (κ1) is 34.1. The van der Waals surface area contributed by atoms with E-state index in [0.29, 0.717) is 12.0 Å². The second-order valence-electron chi connectivity index (χ2n) is 12.9. The molecule has 0 radical (unpaired) electrons. The fourth-order valence-corrected chi connectivity index (χ4v) is 6.62. The lowest BCUT2D eigenvalue weighted by molar-refractivity contribution is -0.704. The summed E-state index contributed by atoms with van der Waals surface area (Å²) in [6.45, 7) is 8.22. The van der Waals surface area contributed by atoms with Crippen LogP contribution in [0.2, 0.25) is 0 Å². The molecule has 0 saturated heterocycles. The summed E-state index contributed by atoms with van der Waals surface area (Å²) in [5.74, 6) is 2.08. The second-order valence-corrected chi connectivity index (χ2v) is 12.9. The topological polar surface area (TPSA) is 8.81 Å². The van der Waals surface area contributed by atoms with Crippen molar-refractivity contribution < 1.29 is 4.57 Å². The molecule has 1 aromatic heterocycles. The minimum Gasteiger partial charge on any atom is -0.234 e. The largest absolute Gasteiger partial charge is 0.256 e. The van der Waals surface area contributed by atoms with Gasteiger partial charge in [-0.2, -0.15) is 0 Å². The minimum absolute atomic E-state index is 0.534. The number of rotatable bonds is 24. The van der Waals surface area contributed by atoms with Crippen molar-refractivity contribution in [3.8, 4) is 0 Å². The average Bonchev–Trinajstić information content (AvgIpc) is 3.43. The van der Waals surface area contributed by atoms with Crippen molar-refractivity contribution in [1.82, 2.24) is 4.57 Å². The maximum atomic E-state index is 2.63.